The van der Waals surface area contributed by atoms with Crippen LogP contribution in [0.25, 0.3) is 0 Å². The summed E-state index contributed by atoms with van der Waals surface area (Å²) in [6, 6.07) is 0. The molecule has 0 aromatic rings. The van der Waals surface area contributed by atoms with Crippen molar-refractivity contribution in [3.8, 4) is 0 Å². The normalized spacial score (nSPS) is 26.3. The van der Waals surface area contributed by atoms with Gasteiger partial charge in [0.05, 0.1) is 5.38 Å². The lowest BCUT2D eigenvalue weighted by Gasteiger charge is -2.29. The molecular weight excluding hydrogens is 307 g/mol. The van der Waals surface area contributed by atoms with Gasteiger partial charge in [-0.15, -0.1) is 11.6 Å². The Labute approximate surface area is 147 Å². The smallest absolute Gasteiger partial charge is 0.119 e. The number of hydrogen-bond donors (Lipinski definition) is 0. The Balaban J connectivity index is 2.66. The second kappa shape index (κ2) is 11.9. The predicted octanol–water partition coefficient (Wildman–Crippen LogP) is 7.54. The van der Waals surface area contributed by atoms with Crippen molar-refractivity contribution in [1.29, 1.82) is 0 Å². The Morgan fingerprint density at radius 1 is 1.17 bits per heavy atom. The van der Waals surface area contributed by atoms with Crippen molar-refractivity contribution in [3.63, 3.8) is 0 Å². The van der Waals surface area contributed by atoms with Crippen LogP contribution in [-0.4, -0.2) is 11.5 Å². The molecular formula is C21H34ClF. The molecule has 0 nitrogen and oxygen atoms in total. The van der Waals surface area contributed by atoms with E-state index in [9.17, 15) is 4.39 Å². The van der Waals surface area contributed by atoms with Crippen molar-refractivity contribution < 1.29 is 4.39 Å². The summed E-state index contributed by atoms with van der Waals surface area (Å²) in [5.41, 5.74) is 2.82. The molecule has 0 heterocycles. The van der Waals surface area contributed by atoms with Crippen molar-refractivity contribution >= 4 is 11.6 Å². The zero-order valence-corrected chi connectivity index (χ0v) is 15.8. The van der Waals surface area contributed by atoms with E-state index in [1.165, 1.54) is 36.8 Å². The van der Waals surface area contributed by atoms with E-state index in [-0.39, 0.29) is 11.3 Å². The molecule has 0 aliphatic heterocycles. The lowest BCUT2D eigenvalue weighted by molar-refractivity contribution is 0.162. The highest BCUT2D eigenvalue weighted by molar-refractivity contribution is 6.21. The Bertz CT molecular complexity index is 397. The molecule has 1 rings (SSSR count). The van der Waals surface area contributed by atoms with Gasteiger partial charge < -0.3 is 0 Å². The Kier molecular flexibility index (Phi) is 10.6. The lowest BCUT2D eigenvalue weighted by atomic mass is 9.83. The molecule has 0 radical (unpaired) electrons. The SMILES string of the molecule is C=C/C=C(\C=C(/CCC)CCCC)CCC1CCCC(Cl)C1F. The molecule has 3 atom stereocenters. The average Bonchev–Trinajstić information content (AvgIpc) is 2.54. The van der Waals surface area contributed by atoms with E-state index in [4.69, 9.17) is 11.6 Å². The van der Waals surface area contributed by atoms with Crippen LogP contribution in [0.15, 0.2) is 36.0 Å². The van der Waals surface area contributed by atoms with Gasteiger partial charge in [0.15, 0.2) is 0 Å². The third-order valence-corrected chi connectivity index (χ3v) is 5.26. The number of alkyl halides is 2. The molecule has 0 amide bonds. The minimum absolute atomic E-state index is 0.123. The third kappa shape index (κ3) is 7.70. The van der Waals surface area contributed by atoms with Gasteiger partial charge in [-0.25, -0.2) is 4.39 Å². The summed E-state index contributed by atoms with van der Waals surface area (Å²) in [5, 5.41) is -0.281. The molecule has 23 heavy (non-hydrogen) atoms. The highest BCUT2D eigenvalue weighted by Crippen LogP contribution is 2.34. The average molecular weight is 341 g/mol. The minimum atomic E-state index is -0.838. The van der Waals surface area contributed by atoms with Crippen LogP contribution in [0.3, 0.4) is 0 Å². The van der Waals surface area contributed by atoms with E-state index in [0.717, 1.165) is 38.5 Å². The van der Waals surface area contributed by atoms with Crippen molar-refractivity contribution in [3.05, 3.63) is 36.0 Å². The number of allylic oxidation sites excluding steroid dienone is 5. The van der Waals surface area contributed by atoms with E-state index in [2.05, 4.69) is 32.6 Å². The van der Waals surface area contributed by atoms with Crippen molar-refractivity contribution in [2.24, 2.45) is 5.92 Å². The van der Waals surface area contributed by atoms with Crippen LogP contribution in [0.2, 0.25) is 0 Å². The van der Waals surface area contributed by atoms with Crippen LogP contribution < -0.4 is 0 Å². The van der Waals surface area contributed by atoms with Crippen LogP contribution in [0.5, 0.6) is 0 Å². The summed E-state index contributed by atoms with van der Waals surface area (Å²) in [5.74, 6) is 0.123. The molecule has 132 valence electrons. The van der Waals surface area contributed by atoms with Crippen molar-refractivity contribution in [2.45, 2.75) is 89.6 Å². The van der Waals surface area contributed by atoms with Gasteiger partial charge in [-0.3, -0.25) is 0 Å². The molecule has 1 aliphatic rings. The highest BCUT2D eigenvalue weighted by Gasteiger charge is 2.31. The predicted molar refractivity (Wildman–Crippen MR) is 102 cm³/mol. The Morgan fingerprint density at radius 2 is 1.96 bits per heavy atom. The maximum Gasteiger partial charge on any atom is 0.119 e. The van der Waals surface area contributed by atoms with Crippen LogP contribution in [0.1, 0.15) is 78.1 Å². The summed E-state index contributed by atoms with van der Waals surface area (Å²) in [6.45, 7) is 8.30. The fraction of sp³-hybridized carbons (Fsp3) is 0.714. The number of unbranched alkanes of at least 4 members (excludes halogenated alkanes) is 1. The van der Waals surface area contributed by atoms with Gasteiger partial charge in [-0.1, -0.05) is 63.5 Å². The van der Waals surface area contributed by atoms with Gasteiger partial charge in [0.2, 0.25) is 0 Å². The molecule has 1 saturated carbocycles. The second-order valence-corrected chi connectivity index (χ2v) is 7.38. The van der Waals surface area contributed by atoms with Gasteiger partial charge in [-0.2, -0.15) is 0 Å². The van der Waals surface area contributed by atoms with E-state index >= 15 is 0 Å². The summed E-state index contributed by atoms with van der Waals surface area (Å²) in [7, 11) is 0. The van der Waals surface area contributed by atoms with Gasteiger partial charge in [0, 0.05) is 0 Å². The van der Waals surface area contributed by atoms with Gasteiger partial charge in [0.25, 0.3) is 0 Å². The fourth-order valence-corrected chi connectivity index (χ4v) is 3.82. The largest absolute Gasteiger partial charge is 0.246 e. The molecule has 3 unspecified atom stereocenters. The standard InChI is InChI=1S/C21H34ClF/c1-4-7-11-17(9-5-2)16-18(10-6-3)14-15-19-12-8-13-20(22)21(19)23/h6,10,16,19-21H,3-5,7-9,11-15H2,1-2H3/b17-16+,18-10-. The molecule has 2 heteroatoms. The summed E-state index contributed by atoms with van der Waals surface area (Å²) < 4.78 is 14.2. The lowest BCUT2D eigenvalue weighted by Crippen LogP contribution is -2.30. The molecule has 1 aliphatic carbocycles. The molecule has 0 spiro atoms. The maximum absolute atomic E-state index is 14.2. The minimum Gasteiger partial charge on any atom is -0.246 e. The molecule has 0 aromatic heterocycles. The first kappa shape index (κ1) is 20.5. The van der Waals surface area contributed by atoms with Gasteiger partial charge in [-0.05, 0) is 56.4 Å². The Morgan fingerprint density at radius 3 is 2.61 bits per heavy atom. The third-order valence-electron chi connectivity index (χ3n) is 4.80. The number of hydrogen-bond acceptors (Lipinski definition) is 0. The van der Waals surface area contributed by atoms with Crippen LogP contribution in [0.4, 0.5) is 4.39 Å². The summed E-state index contributed by atoms with van der Waals surface area (Å²) in [4.78, 5) is 0. The van der Waals surface area contributed by atoms with E-state index in [0.29, 0.717) is 0 Å². The molecule has 0 aromatic carbocycles. The first-order valence-electron chi connectivity index (χ1n) is 9.41. The quantitative estimate of drug-likeness (QED) is 0.284. The first-order valence-corrected chi connectivity index (χ1v) is 9.85. The zero-order valence-electron chi connectivity index (χ0n) is 15.0. The number of halogens is 2. The van der Waals surface area contributed by atoms with Crippen LogP contribution in [0, 0.1) is 5.92 Å². The van der Waals surface area contributed by atoms with Crippen LogP contribution in [-0.2, 0) is 0 Å². The maximum atomic E-state index is 14.2. The Hall–Kier alpha value is -0.560. The molecule has 0 N–H and O–H groups in total. The molecule has 1 fully saturated rings. The summed E-state index contributed by atoms with van der Waals surface area (Å²) >= 11 is 6.10. The van der Waals surface area contributed by atoms with Crippen molar-refractivity contribution in [1.82, 2.24) is 0 Å². The molecule has 0 saturated heterocycles. The fourth-order valence-electron chi connectivity index (χ4n) is 3.46. The van der Waals surface area contributed by atoms with E-state index < -0.39 is 6.17 Å². The van der Waals surface area contributed by atoms with Gasteiger partial charge >= 0.3 is 0 Å². The van der Waals surface area contributed by atoms with Gasteiger partial charge in [0.1, 0.15) is 6.17 Å². The highest BCUT2D eigenvalue weighted by atomic mass is 35.5. The summed E-state index contributed by atoms with van der Waals surface area (Å²) in [6.07, 6.45) is 16.1. The van der Waals surface area contributed by atoms with E-state index in [1.807, 2.05) is 6.08 Å². The molecule has 0 bridgehead atoms. The van der Waals surface area contributed by atoms with E-state index in [1.54, 1.807) is 0 Å². The number of rotatable bonds is 10. The monoisotopic (exact) mass is 340 g/mol. The van der Waals surface area contributed by atoms with Crippen molar-refractivity contribution in [2.75, 3.05) is 0 Å². The second-order valence-electron chi connectivity index (χ2n) is 6.82. The topological polar surface area (TPSA) is 0 Å². The first-order chi connectivity index (χ1) is 11.1. The van der Waals surface area contributed by atoms with Crippen LogP contribution >= 0.6 is 11.6 Å². The zero-order chi connectivity index (χ0) is 17.1.